The molecule has 0 atom stereocenters. The van der Waals surface area contributed by atoms with E-state index in [0.29, 0.717) is 11.4 Å². The molecule has 0 unspecified atom stereocenters. The Hall–Kier alpha value is -2.57. The van der Waals surface area contributed by atoms with E-state index in [4.69, 9.17) is 10.5 Å². The van der Waals surface area contributed by atoms with Crippen molar-refractivity contribution in [2.75, 3.05) is 18.2 Å². The predicted octanol–water partition coefficient (Wildman–Crippen LogP) is 1.71. The first-order chi connectivity index (χ1) is 9.43. The molecular formula is C13H15FN4O2. The summed E-state index contributed by atoms with van der Waals surface area (Å²) < 4.78 is 20.0. The van der Waals surface area contributed by atoms with Gasteiger partial charge >= 0.3 is 0 Å². The molecule has 1 aromatic carbocycles. The lowest BCUT2D eigenvalue weighted by Gasteiger charge is -2.09. The quantitative estimate of drug-likeness (QED) is 0.895. The van der Waals surface area contributed by atoms with Gasteiger partial charge in [0.2, 0.25) is 0 Å². The Balaban J connectivity index is 2.32. The third kappa shape index (κ3) is 2.42. The van der Waals surface area contributed by atoms with Crippen molar-refractivity contribution in [3.05, 3.63) is 35.4 Å². The van der Waals surface area contributed by atoms with E-state index < -0.39 is 11.7 Å². The second-order valence-corrected chi connectivity index (χ2v) is 4.27. The summed E-state index contributed by atoms with van der Waals surface area (Å²) in [6, 6.07) is 4.08. The average molecular weight is 278 g/mol. The molecule has 2 aromatic rings. The number of nitrogens with one attached hydrogen (secondary N) is 1. The number of nitrogens with two attached hydrogens (primary N) is 1. The van der Waals surface area contributed by atoms with Crippen molar-refractivity contribution >= 4 is 17.3 Å². The van der Waals surface area contributed by atoms with Crippen LogP contribution in [-0.2, 0) is 7.05 Å². The highest BCUT2D eigenvalue weighted by Crippen LogP contribution is 2.23. The molecule has 2 rings (SSSR count). The average Bonchev–Trinajstić information content (AvgIpc) is 2.66. The number of benzene rings is 1. The Morgan fingerprint density at radius 3 is 2.75 bits per heavy atom. The van der Waals surface area contributed by atoms with Crippen LogP contribution in [0.25, 0.3) is 0 Å². The maximum atomic E-state index is 13.7. The zero-order valence-corrected chi connectivity index (χ0v) is 11.4. The number of amides is 1. The number of anilines is 2. The molecule has 0 fully saturated rings. The number of ether oxygens (including phenoxy) is 1. The standard InChI is InChI=1S/C13H15FN4O2/c1-7-11(15)12(18(2)17-7)13(19)16-10-6-8(20-3)4-5-9(10)14/h4-6H,15H2,1-3H3,(H,16,19). The highest BCUT2D eigenvalue weighted by atomic mass is 19.1. The van der Waals surface area contributed by atoms with Crippen molar-refractivity contribution in [2.24, 2.45) is 7.05 Å². The number of rotatable bonds is 3. The van der Waals surface area contributed by atoms with Crippen LogP contribution in [0.4, 0.5) is 15.8 Å². The van der Waals surface area contributed by atoms with Crippen molar-refractivity contribution in [1.82, 2.24) is 9.78 Å². The zero-order chi connectivity index (χ0) is 14.9. The first kappa shape index (κ1) is 13.9. The fourth-order valence-electron chi connectivity index (χ4n) is 1.85. The molecule has 20 heavy (non-hydrogen) atoms. The molecule has 1 aromatic heterocycles. The molecule has 106 valence electrons. The normalized spacial score (nSPS) is 10.4. The van der Waals surface area contributed by atoms with E-state index in [1.165, 1.54) is 30.0 Å². The van der Waals surface area contributed by atoms with Gasteiger partial charge in [-0.05, 0) is 19.1 Å². The summed E-state index contributed by atoms with van der Waals surface area (Å²) in [5.74, 6) is -0.648. The highest BCUT2D eigenvalue weighted by molar-refractivity contribution is 6.06. The third-order valence-corrected chi connectivity index (χ3v) is 2.91. The monoisotopic (exact) mass is 278 g/mol. The summed E-state index contributed by atoms with van der Waals surface area (Å²) in [6.45, 7) is 1.69. The number of nitrogen functional groups attached to an aromatic ring is 1. The minimum Gasteiger partial charge on any atom is -0.497 e. The molecule has 0 aliphatic heterocycles. The number of aryl methyl sites for hydroxylation is 2. The number of hydrogen-bond acceptors (Lipinski definition) is 4. The molecule has 6 nitrogen and oxygen atoms in total. The summed E-state index contributed by atoms with van der Waals surface area (Å²) in [5, 5.41) is 6.50. The van der Waals surface area contributed by atoms with E-state index >= 15 is 0 Å². The Bertz CT molecular complexity index is 667. The molecule has 0 bridgehead atoms. The van der Waals surface area contributed by atoms with Crippen LogP contribution in [0.2, 0.25) is 0 Å². The molecule has 0 radical (unpaired) electrons. The molecular weight excluding hydrogens is 263 g/mol. The van der Waals surface area contributed by atoms with Crippen LogP contribution in [0.15, 0.2) is 18.2 Å². The number of carbonyl (C=O) groups excluding carboxylic acids is 1. The van der Waals surface area contributed by atoms with E-state index in [0.717, 1.165) is 0 Å². The molecule has 0 spiro atoms. The Morgan fingerprint density at radius 2 is 2.20 bits per heavy atom. The van der Waals surface area contributed by atoms with Crippen molar-refractivity contribution in [3.8, 4) is 5.75 Å². The van der Waals surface area contributed by atoms with Crippen LogP contribution >= 0.6 is 0 Å². The Morgan fingerprint density at radius 1 is 1.50 bits per heavy atom. The van der Waals surface area contributed by atoms with Gasteiger partial charge in [0.25, 0.3) is 5.91 Å². The number of halogens is 1. The zero-order valence-electron chi connectivity index (χ0n) is 11.4. The largest absolute Gasteiger partial charge is 0.497 e. The molecule has 1 heterocycles. The highest BCUT2D eigenvalue weighted by Gasteiger charge is 2.19. The van der Waals surface area contributed by atoms with E-state index in [1.807, 2.05) is 0 Å². The van der Waals surface area contributed by atoms with Gasteiger partial charge in [0.1, 0.15) is 17.3 Å². The van der Waals surface area contributed by atoms with Crippen LogP contribution in [0, 0.1) is 12.7 Å². The lowest BCUT2D eigenvalue weighted by atomic mass is 10.2. The molecule has 0 saturated heterocycles. The molecule has 0 aliphatic rings. The summed E-state index contributed by atoms with van der Waals surface area (Å²) >= 11 is 0. The minimum atomic E-state index is -0.559. The second-order valence-electron chi connectivity index (χ2n) is 4.27. The number of aromatic nitrogens is 2. The van der Waals surface area contributed by atoms with E-state index in [-0.39, 0.29) is 17.1 Å². The van der Waals surface area contributed by atoms with E-state index in [9.17, 15) is 9.18 Å². The fourth-order valence-corrected chi connectivity index (χ4v) is 1.85. The SMILES string of the molecule is COc1ccc(F)c(NC(=O)c2c(N)c(C)nn2C)c1. The van der Waals surface area contributed by atoms with Crippen molar-refractivity contribution in [2.45, 2.75) is 6.92 Å². The van der Waals surface area contributed by atoms with Gasteiger partial charge in [0.15, 0.2) is 0 Å². The first-order valence-corrected chi connectivity index (χ1v) is 5.88. The number of nitrogens with zero attached hydrogens (tertiary/aromatic N) is 2. The van der Waals surface area contributed by atoms with Crippen molar-refractivity contribution in [1.29, 1.82) is 0 Å². The van der Waals surface area contributed by atoms with Crippen LogP contribution in [0.5, 0.6) is 5.75 Å². The van der Waals surface area contributed by atoms with Gasteiger partial charge in [-0.25, -0.2) is 4.39 Å². The first-order valence-electron chi connectivity index (χ1n) is 5.88. The lowest BCUT2D eigenvalue weighted by molar-refractivity contribution is 0.101. The fraction of sp³-hybridized carbons (Fsp3) is 0.231. The Labute approximate surface area is 115 Å². The van der Waals surface area contributed by atoms with Gasteiger partial charge < -0.3 is 15.8 Å². The van der Waals surface area contributed by atoms with Crippen molar-refractivity contribution in [3.63, 3.8) is 0 Å². The van der Waals surface area contributed by atoms with Gasteiger partial charge in [-0.1, -0.05) is 0 Å². The number of hydrogen-bond donors (Lipinski definition) is 2. The molecule has 1 amide bonds. The summed E-state index contributed by atoms with van der Waals surface area (Å²) in [7, 11) is 3.06. The van der Waals surface area contributed by atoms with Crippen LogP contribution in [0.1, 0.15) is 16.2 Å². The summed E-state index contributed by atoms with van der Waals surface area (Å²) in [4.78, 5) is 12.2. The molecule has 3 N–H and O–H groups in total. The summed E-state index contributed by atoms with van der Waals surface area (Å²) in [5.41, 5.74) is 6.81. The second kappa shape index (κ2) is 5.20. The van der Waals surface area contributed by atoms with Gasteiger partial charge in [-0.2, -0.15) is 5.10 Å². The maximum Gasteiger partial charge on any atom is 0.276 e. The van der Waals surface area contributed by atoms with Gasteiger partial charge in [0, 0.05) is 13.1 Å². The maximum absolute atomic E-state index is 13.7. The predicted molar refractivity (Wildman–Crippen MR) is 73.3 cm³/mol. The van der Waals surface area contributed by atoms with Crippen molar-refractivity contribution < 1.29 is 13.9 Å². The molecule has 0 saturated carbocycles. The van der Waals surface area contributed by atoms with Gasteiger partial charge in [0.05, 0.1) is 24.2 Å². The topological polar surface area (TPSA) is 82.2 Å². The Kier molecular flexibility index (Phi) is 3.60. The smallest absolute Gasteiger partial charge is 0.276 e. The van der Waals surface area contributed by atoms with Gasteiger partial charge in [-0.15, -0.1) is 0 Å². The molecule has 7 heteroatoms. The lowest BCUT2D eigenvalue weighted by Crippen LogP contribution is -2.18. The molecule has 0 aliphatic carbocycles. The number of methoxy groups -OCH3 is 1. The van der Waals surface area contributed by atoms with E-state index in [2.05, 4.69) is 10.4 Å². The van der Waals surface area contributed by atoms with E-state index in [1.54, 1.807) is 14.0 Å². The van der Waals surface area contributed by atoms with Gasteiger partial charge in [-0.3, -0.25) is 9.48 Å². The van der Waals surface area contributed by atoms with Crippen LogP contribution in [0.3, 0.4) is 0 Å². The number of carbonyl (C=O) groups is 1. The van der Waals surface area contributed by atoms with Crippen LogP contribution < -0.4 is 15.8 Å². The van der Waals surface area contributed by atoms with Crippen LogP contribution in [-0.4, -0.2) is 22.8 Å². The third-order valence-electron chi connectivity index (χ3n) is 2.91. The summed E-state index contributed by atoms with van der Waals surface area (Å²) in [6.07, 6.45) is 0. The minimum absolute atomic E-state index is 0.0209.